The van der Waals surface area contributed by atoms with Crippen LogP contribution in [0.4, 0.5) is 39.8 Å². The number of ether oxygens (including phenoxy) is 4. The number of aliphatic hydroxyl groups excluding tert-OH is 2. The molecular weight excluding hydrogens is 1340 g/mol. The molecule has 0 saturated heterocycles. The molecule has 0 fully saturated rings. The topological polar surface area (TPSA) is 317 Å². The average Bonchev–Trinajstić information content (AvgIpc) is 1.08. The highest BCUT2D eigenvalue weighted by atomic mass is 35.5. The molecule has 6 aromatic rings. The summed E-state index contributed by atoms with van der Waals surface area (Å²) in [4.78, 5) is 83.4. The molecule has 526 valence electrons. The summed E-state index contributed by atoms with van der Waals surface area (Å²) in [6.07, 6.45) is 2.60. The van der Waals surface area contributed by atoms with Crippen molar-refractivity contribution in [1.82, 2.24) is 19.6 Å². The number of rotatable bonds is 18. The third-order valence-corrected chi connectivity index (χ3v) is 15.8. The standard InChI is InChI=1S/C18H21N3O2S.C12H15N3O4.C12H17N3O2.C8H6N2O4.C7H8S2.C4H10ClN.2C2H6O.ClH/c1-20(2)7-8-21-15-6-5-13(11-16(15)23-12-18(21)22)10-14(19)17-4-3-9-24-17;1-13(2)5-6-14-10-4-3-9(15(17)18)7-11(10)19-8-12(14)16;1-14(2)5-6-15-10-4-3-9(13)7-11(10)17-8-12(15)16;11-8-4-14-7-3-5(10(12)13)1-2-6(7)9-8;1-6(8-2)7-4-3-5-9-7;1-6(2)4-3-5;2*1-2-3;/h3-6,9,11,19H,7-8,10,12H2,1-2H3;3-4,7H,5-6,8H2,1-2H3;3-4,7H,5-6,8,13H2,1-2H3;1-3H,4H2,(H,9,11);3-5H,1H2,2H3;3-4H2,1-2H3;2*3H,2H2,1H3;1H. The number of non-ortho nitro benzene ring substituents is 2. The predicted molar refractivity (Wildman–Crippen MR) is 391 cm³/mol. The van der Waals surface area contributed by atoms with E-state index in [1.54, 1.807) is 81.2 Å². The molecule has 10 rings (SSSR count). The molecule has 4 aliphatic heterocycles. The third kappa shape index (κ3) is 29.2. The number of thioether (sulfide) groups is 1. The van der Waals surface area contributed by atoms with E-state index >= 15 is 0 Å². The number of carbonyl (C=O) groups excluding carboxylic acids is 4. The Morgan fingerprint density at radius 1 is 0.625 bits per heavy atom. The van der Waals surface area contributed by atoms with Gasteiger partial charge >= 0.3 is 0 Å². The largest absolute Gasteiger partial charge is 0.482 e. The number of benzene rings is 4. The van der Waals surface area contributed by atoms with E-state index in [4.69, 9.17) is 51.9 Å². The number of likely N-dealkylation sites (N-methyl/N-ethyl adjacent to an activating group) is 3. The van der Waals surface area contributed by atoms with E-state index in [1.165, 1.54) is 35.2 Å². The van der Waals surface area contributed by atoms with Crippen LogP contribution in [0.15, 0.2) is 114 Å². The van der Waals surface area contributed by atoms with Gasteiger partial charge in [-0.1, -0.05) is 24.8 Å². The molecule has 6 heterocycles. The summed E-state index contributed by atoms with van der Waals surface area (Å²) in [5.41, 5.74) is 10.5. The van der Waals surface area contributed by atoms with Gasteiger partial charge in [-0.25, -0.2) is 0 Å². The predicted octanol–water partition coefficient (Wildman–Crippen LogP) is 9.30. The highest BCUT2D eigenvalue weighted by Crippen LogP contribution is 2.37. The number of nitro benzene ring substituents is 2. The van der Waals surface area contributed by atoms with Crippen LogP contribution >= 0.6 is 58.4 Å². The maximum atomic E-state index is 12.1. The number of nitro groups is 2. The molecule has 4 amide bonds. The van der Waals surface area contributed by atoms with E-state index in [0.717, 1.165) is 58.0 Å². The second-order valence-electron chi connectivity index (χ2n) is 21.5. The number of nitrogen functional groups attached to an aromatic ring is 1. The third-order valence-electron chi connectivity index (χ3n) is 12.9. The molecule has 0 atom stereocenters. The van der Waals surface area contributed by atoms with Crippen LogP contribution in [0.2, 0.25) is 0 Å². The molecule has 4 aliphatic rings. The van der Waals surface area contributed by atoms with E-state index in [-0.39, 0.29) is 87.1 Å². The van der Waals surface area contributed by atoms with Gasteiger partial charge in [0.25, 0.3) is 35.0 Å². The Labute approximate surface area is 585 Å². The highest BCUT2D eigenvalue weighted by Gasteiger charge is 2.29. The van der Waals surface area contributed by atoms with Crippen molar-refractivity contribution < 1.29 is 58.2 Å². The van der Waals surface area contributed by atoms with Gasteiger partial charge in [-0.2, -0.15) is 0 Å². The fraction of sp³-hybridized carbons (Fsp3) is 0.400. The summed E-state index contributed by atoms with van der Waals surface area (Å²) < 4.78 is 21.2. The number of carbonyl (C=O) groups is 4. The number of nitrogens with zero attached hydrogens (tertiary/aromatic N) is 9. The first-order chi connectivity index (χ1) is 45.2. The Balaban J connectivity index is 0.000000399. The first-order valence-electron chi connectivity index (χ1n) is 29.8. The van der Waals surface area contributed by atoms with Gasteiger partial charge in [0, 0.05) is 110 Å². The van der Waals surface area contributed by atoms with Crippen molar-refractivity contribution in [3.05, 3.63) is 150 Å². The maximum Gasteiger partial charge on any atom is 0.273 e. The molecule has 31 heteroatoms. The van der Waals surface area contributed by atoms with Crippen LogP contribution in [0, 0.1) is 25.6 Å². The lowest BCUT2D eigenvalue weighted by atomic mass is 10.1. The van der Waals surface area contributed by atoms with Crippen molar-refractivity contribution in [2.45, 2.75) is 20.3 Å². The van der Waals surface area contributed by atoms with Crippen LogP contribution in [0.25, 0.3) is 4.91 Å². The molecule has 26 nitrogen and oxygen atoms in total. The zero-order valence-corrected chi connectivity index (χ0v) is 60.1. The first kappa shape index (κ1) is 84.1. The SMILES string of the molecule is C=C(SC)c1cccs1.CCO.CCO.CN(C)CCCl.CN(C)CCN1C(=O)COc2cc(CC(=N)c3cccs3)ccc21.CN(C)CCN1C(=O)COc2cc(N)ccc21.CN(C)CCN1C(=O)COc2cc([N+](=O)[O-])ccc21.Cl.O=C1COc2cc([N+](=O)[O-])ccc2N1. The molecule has 6 N–H and O–H groups in total. The number of thiophene rings is 2. The lowest BCUT2D eigenvalue weighted by Gasteiger charge is -2.30. The second kappa shape index (κ2) is 44.7. The molecule has 0 bridgehead atoms. The summed E-state index contributed by atoms with van der Waals surface area (Å²) in [6.45, 7) is 12.9. The number of halogens is 2. The van der Waals surface area contributed by atoms with Crippen LogP contribution in [0.3, 0.4) is 0 Å². The monoisotopic (exact) mass is 1430 g/mol. The Hall–Kier alpha value is -7.94. The van der Waals surface area contributed by atoms with E-state index in [2.05, 4.69) is 28.2 Å². The number of fused-ring (bicyclic) bond motifs is 4. The first-order valence-corrected chi connectivity index (χ1v) is 33.3. The minimum atomic E-state index is -0.514. The lowest BCUT2D eigenvalue weighted by Crippen LogP contribution is -2.42. The Bertz CT molecular complexity index is 3420. The van der Waals surface area contributed by atoms with Crippen LogP contribution in [0.5, 0.6) is 23.0 Å². The van der Waals surface area contributed by atoms with Gasteiger partial charge in [0.15, 0.2) is 32.2 Å². The Morgan fingerprint density at radius 2 is 1.02 bits per heavy atom. The Kier molecular flexibility index (Phi) is 39.2. The van der Waals surface area contributed by atoms with Crippen molar-refractivity contribution in [3.8, 4) is 23.0 Å². The number of anilines is 5. The van der Waals surface area contributed by atoms with Gasteiger partial charge in [0.2, 0.25) is 0 Å². The van der Waals surface area contributed by atoms with Gasteiger partial charge in [0.05, 0.1) is 50.4 Å². The van der Waals surface area contributed by atoms with Crippen molar-refractivity contribution >= 4 is 133 Å². The molecule has 4 aromatic carbocycles. The molecular formula is C65H90Cl2N12O14S3. The smallest absolute Gasteiger partial charge is 0.273 e. The normalized spacial score (nSPS) is 12.8. The molecule has 2 aromatic heterocycles. The van der Waals surface area contributed by atoms with Crippen molar-refractivity contribution in [1.29, 1.82) is 5.41 Å². The number of aliphatic hydroxyl groups is 2. The number of hydrogen-bond acceptors (Lipinski definition) is 23. The fourth-order valence-electron chi connectivity index (χ4n) is 8.15. The molecule has 0 radical (unpaired) electrons. The summed E-state index contributed by atoms with van der Waals surface area (Å²) in [6, 6.07) is 27.6. The van der Waals surface area contributed by atoms with Gasteiger partial charge < -0.3 is 79.9 Å². The molecule has 0 aliphatic carbocycles. The summed E-state index contributed by atoms with van der Waals surface area (Å²) in [7, 11) is 15.8. The molecule has 0 unspecified atom stereocenters. The van der Waals surface area contributed by atoms with Crippen molar-refractivity contribution in [2.24, 2.45) is 0 Å². The number of nitrogens with two attached hydrogens (primary N) is 1. The highest BCUT2D eigenvalue weighted by molar-refractivity contribution is 8.07. The van der Waals surface area contributed by atoms with Crippen LogP contribution in [0.1, 0.15) is 29.2 Å². The summed E-state index contributed by atoms with van der Waals surface area (Å²) in [5, 5.41) is 51.1. The zero-order chi connectivity index (χ0) is 70.7. The van der Waals surface area contributed by atoms with Gasteiger partial charge in [-0.05, 0) is 141 Å². The van der Waals surface area contributed by atoms with E-state index in [0.29, 0.717) is 72.6 Å². The minimum Gasteiger partial charge on any atom is -0.482 e. The zero-order valence-electron chi connectivity index (χ0n) is 56.1. The van der Waals surface area contributed by atoms with Gasteiger partial charge in [-0.3, -0.25) is 39.4 Å². The lowest BCUT2D eigenvalue weighted by molar-refractivity contribution is -0.385. The van der Waals surface area contributed by atoms with Gasteiger partial charge in [-0.15, -0.1) is 58.4 Å². The molecule has 96 heavy (non-hydrogen) atoms. The van der Waals surface area contributed by atoms with Crippen LogP contribution < -0.4 is 44.7 Å². The average molecular weight is 1430 g/mol. The van der Waals surface area contributed by atoms with Crippen molar-refractivity contribution in [3.63, 3.8) is 0 Å². The van der Waals surface area contributed by atoms with Crippen molar-refractivity contribution in [2.75, 3.05) is 180 Å². The summed E-state index contributed by atoms with van der Waals surface area (Å²) >= 11 is 10.4. The maximum absolute atomic E-state index is 12.1. The quantitative estimate of drug-likeness (QED) is 0.0176. The number of alkyl halides is 1. The Morgan fingerprint density at radius 3 is 1.43 bits per heavy atom. The molecule has 0 spiro atoms. The minimum absolute atomic E-state index is 0. The van der Waals surface area contributed by atoms with Crippen LogP contribution in [-0.2, 0) is 25.6 Å². The van der Waals surface area contributed by atoms with E-state index in [1.807, 2.05) is 125 Å². The second-order valence-corrected chi connectivity index (χ2v) is 24.7. The van der Waals surface area contributed by atoms with Gasteiger partial charge in [0.1, 0.15) is 17.2 Å². The van der Waals surface area contributed by atoms with E-state index in [9.17, 15) is 39.4 Å². The number of nitrogens with one attached hydrogen (secondary N) is 2. The fourth-order valence-corrected chi connectivity index (χ4v) is 10.4. The number of amides is 4. The molecule has 0 saturated carbocycles. The number of hydrogen-bond donors (Lipinski definition) is 5. The van der Waals surface area contributed by atoms with Crippen LogP contribution in [-0.4, -0.2) is 223 Å². The summed E-state index contributed by atoms with van der Waals surface area (Å²) in [5.74, 6) is 2.44. The van der Waals surface area contributed by atoms with E-state index < -0.39 is 9.85 Å².